The van der Waals surface area contributed by atoms with Crippen LogP contribution in [0.5, 0.6) is 11.5 Å². The van der Waals surface area contributed by atoms with Gasteiger partial charge in [0.15, 0.2) is 5.11 Å². The summed E-state index contributed by atoms with van der Waals surface area (Å²) in [6, 6.07) is 28.3. The van der Waals surface area contributed by atoms with Crippen LogP contribution in [0.3, 0.4) is 0 Å². The molecule has 3 aromatic heterocycles. The van der Waals surface area contributed by atoms with Gasteiger partial charge in [-0.1, -0.05) is 30.3 Å². The van der Waals surface area contributed by atoms with Gasteiger partial charge in [0.25, 0.3) is 0 Å². The fourth-order valence-electron chi connectivity index (χ4n) is 5.45. The lowest BCUT2D eigenvalue weighted by molar-refractivity contribution is 0.479. The highest BCUT2D eigenvalue weighted by atomic mass is 32.1. The van der Waals surface area contributed by atoms with Crippen LogP contribution in [0.4, 0.5) is 5.69 Å². The summed E-state index contributed by atoms with van der Waals surface area (Å²) in [6.45, 7) is 8.37. The van der Waals surface area contributed by atoms with Crippen molar-refractivity contribution in [2.45, 2.75) is 39.8 Å². The largest absolute Gasteiger partial charge is 0.457 e. The number of rotatable bonds is 6. The molecule has 0 amide bonds. The van der Waals surface area contributed by atoms with Gasteiger partial charge in [-0.15, -0.1) is 0 Å². The molecule has 6 rings (SSSR count). The fourth-order valence-corrected chi connectivity index (χ4v) is 5.80. The van der Waals surface area contributed by atoms with E-state index in [0.717, 1.165) is 51.2 Å². The average Bonchev–Trinajstić information content (AvgIpc) is 3.46. The number of nitrogens with one attached hydrogen (secondary N) is 1. The van der Waals surface area contributed by atoms with Gasteiger partial charge in [-0.05, 0) is 111 Å². The normalized spacial score (nSPS) is 16.7. The Bertz CT molecular complexity index is 1660. The highest BCUT2D eigenvalue weighted by Gasteiger charge is 2.42. The quantitative estimate of drug-likeness (QED) is 0.223. The maximum atomic E-state index is 6.16. The molecule has 1 fully saturated rings. The van der Waals surface area contributed by atoms with Crippen molar-refractivity contribution in [2.24, 2.45) is 0 Å². The Labute approximate surface area is 240 Å². The first-order chi connectivity index (χ1) is 19.4. The molecule has 40 heavy (non-hydrogen) atoms. The van der Waals surface area contributed by atoms with Gasteiger partial charge in [0, 0.05) is 29.5 Å². The summed E-state index contributed by atoms with van der Waals surface area (Å²) in [5, 5.41) is 4.23. The SMILES string of the molecule is Cc1ccc(-n2c(C)cc([C@@H]3[C@@H](c4ccccn4)NC(=S)N3c3ccc(Oc4ccccc4C)cc3)c2C)nc1. The second kappa shape index (κ2) is 10.6. The van der Waals surface area contributed by atoms with E-state index in [9.17, 15) is 0 Å². The Balaban J connectivity index is 1.41. The van der Waals surface area contributed by atoms with E-state index in [-0.39, 0.29) is 12.1 Å². The van der Waals surface area contributed by atoms with E-state index in [1.807, 2.05) is 67.8 Å². The highest BCUT2D eigenvalue weighted by Crippen LogP contribution is 2.44. The van der Waals surface area contributed by atoms with Crippen LogP contribution in [-0.2, 0) is 0 Å². The van der Waals surface area contributed by atoms with E-state index in [0.29, 0.717) is 5.11 Å². The van der Waals surface area contributed by atoms with Crippen molar-refractivity contribution in [2.75, 3.05) is 4.90 Å². The number of aryl methyl sites for hydroxylation is 3. The molecular weight excluding hydrogens is 514 g/mol. The van der Waals surface area contributed by atoms with Gasteiger partial charge in [0.2, 0.25) is 0 Å². The molecule has 1 aliphatic rings. The van der Waals surface area contributed by atoms with E-state index in [1.165, 1.54) is 5.56 Å². The molecule has 1 aliphatic heterocycles. The van der Waals surface area contributed by atoms with Crippen LogP contribution in [0.25, 0.3) is 5.82 Å². The van der Waals surface area contributed by atoms with Crippen LogP contribution in [-0.4, -0.2) is 19.6 Å². The number of thiocarbonyl (C=S) groups is 1. The van der Waals surface area contributed by atoms with Crippen molar-refractivity contribution < 1.29 is 4.74 Å². The Morgan fingerprint density at radius 2 is 1.62 bits per heavy atom. The minimum absolute atomic E-state index is 0.115. The Hall–Kier alpha value is -4.49. The van der Waals surface area contributed by atoms with Gasteiger partial charge in [-0.3, -0.25) is 4.98 Å². The summed E-state index contributed by atoms with van der Waals surface area (Å²) >= 11 is 5.96. The zero-order valence-electron chi connectivity index (χ0n) is 23.0. The van der Waals surface area contributed by atoms with Crippen LogP contribution in [0, 0.1) is 27.7 Å². The van der Waals surface area contributed by atoms with Gasteiger partial charge < -0.3 is 19.5 Å². The van der Waals surface area contributed by atoms with Gasteiger partial charge in [-0.2, -0.15) is 0 Å². The summed E-state index contributed by atoms with van der Waals surface area (Å²) in [5.41, 5.74) is 7.55. The predicted octanol–water partition coefficient (Wildman–Crippen LogP) is 7.47. The third kappa shape index (κ3) is 4.73. The molecule has 0 aliphatic carbocycles. The Morgan fingerprint density at radius 1 is 0.850 bits per heavy atom. The topological polar surface area (TPSA) is 55.2 Å². The molecule has 0 radical (unpaired) electrons. The van der Waals surface area contributed by atoms with Gasteiger partial charge >= 0.3 is 0 Å². The fraction of sp³-hybridized carbons (Fsp3) is 0.182. The number of anilines is 1. The minimum atomic E-state index is -0.128. The molecule has 200 valence electrons. The molecule has 2 aromatic carbocycles. The maximum absolute atomic E-state index is 6.16. The maximum Gasteiger partial charge on any atom is 0.174 e. The lowest BCUT2D eigenvalue weighted by Gasteiger charge is -2.28. The van der Waals surface area contributed by atoms with Crippen molar-refractivity contribution >= 4 is 23.0 Å². The van der Waals surface area contributed by atoms with Crippen LogP contribution in [0.15, 0.2) is 97.3 Å². The molecular formula is C33H31N5OS. The summed E-state index contributed by atoms with van der Waals surface area (Å²) in [5.74, 6) is 2.52. The van der Waals surface area contributed by atoms with Gasteiger partial charge in [0.05, 0.1) is 17.8 Å². The lowest BCUT2D eigenvalue weighted by atomic mass is 9.96. The van der Waals surface area contributed by atoms with Crippen molar-refractivity contribution in [1.82, 2.24) is 19.9 Å². The van der Waals surface area contributed by atoms with E-state index >= 15 is 0 Å². The summed E-state index contributed by atoms with van der Waals surface area (Å²) in [6.07, 6.45) is 3.74. The first-order valence-electron chi connectivity index (χ1n) is 13.4. The standard InChI is InChI=1S/C33H31N5OS/c1-21-12-17-30(35-20-21)37-23(3)19-27(24(37)4)32-31(28-10-7-8-18-34-28)36-33(40)38(32)25-13-15-26(16-14-25)39-29-11-6-5-9-22(29)2/h5-20,31-32H,1-4H3,(H,36,40)/t31-,32-/m1/s1. The predicted molar refractivity (Wildman–Crippen MR) is 163 cm³/mol. The molecule has 6 nitrogen and oxygen atoms in total. The minimum Gasteiger partial charge on any atom is -0.457 e. The first-order valence-corrected chi connectivity index (χ1v) is 13.8. The molecule has 0 unspecified atom stereocenters. The number of hydrogen-bond donors (Lipinski definition) is 1. The third-order valence-corrected chi connectivity index (χ3v) is 7.76. The van der Waals surface area contributed by atoms with Crippen molar-refractivity contribution in [3.63, 3.8) is 0 Å². The van der Waals surface area contributed by atoms with E-state index in [2.05, 4.69) is 72.0 Å². The summed E-state index contributed by atoms with van der Waals surface area (Å²) < 4.78 is 8.38. The number of benzene rings is 2. The summed E-state index contributed by atoms with van der Waals surface area (Å²) in [7, 11) is 0. The zero-order chi connectivity index (χ0) is 27.8. The molecule has 2 atom stereocenters. The van der Waals surface area contributed by atoms with Crippen molar-refractivity contribution in [3.8, 4) is 17.3 Å². The lowest BCUT2D eigenvalue weighted by Crippen LogP contribution is -2.29. The summed E-state index contributed by atoms with van der Waals surface area (Å²) in [4.78, 5) is 11.6. The molecule has 7 heteroatoms. The zero-order valence-corrected chi connectivity index (χ0v) is 23.8. The number of ether oxygens (including phenoxy) is 1. The molecule has 0 bridgehead atoms. The number of hydrogen-bond acceptors (Lipinski definition) is 4. The molecule has 5 aromatic rings. The second-order valence-corrected chi connectivity index (χ2v) is 10.6. The third-order valence-electron chi connectivity index (χ3n) is 7.45. The second-order valence-electron chi connectivity index (χ2n) is 10.2. The average molecular weight is 546 g/mol. The Morgan fingerprint density at radius 3 is 2.33 bits per heavy atom. The number of pyridine rings is 2. The van der Waals surface area contributed by atoms with Crippen LogP contribution in [0.2, 0.25) is 0 Å². The van der Waals surface area contributed by atoms with E-state index in [4.69, 9.17) is 26.9 Å². The molecule has 0 spiro atoms. The Kier molecular flexibility index (Phi) is 6.82. The molecule has 1 saturated heterocycles. The van der Waals surface area contributed by atoms with Crippen molar-refractivity contribution in [1.29, 1.82) is 0 Å². The van der Waals surface area contributed by atoms with E-state index < -0.39 is 0 Å². The molecule has 0 saturated carbocycles. The molecule has 4 heterocycles. The van der Waals surface area contributed by atoms with Crippen LogP contribution in [0.1, 0.15) is 45.9 Å². The number of para-hydroxylation sites is 1. The van der Waals surface area contributed by atoms with Crippen LogP contribution >= 0.6 is 12.2 Å². The monoisotopic (exact) mass is 545 g/mol. The number of nitrogens with zero attached hydrogens (tertiary/aromatic N) is 4. The van der Waals surface area contributed by atoms with Gasteiger partial charge in [0.1, 0.15) is 17.3 Å². The van der Waals surface area contributed by atoms with Crippen molar-refractivity contribution in [3.05, 3.63) is 131 Å². The first kappa shape index (κ1) is 25.8. The van der Waals surface area contributed by atoms with Crippen LogP contribution < -0.4 is 15.0 Å². The number of aromatic nitrogens is 3. The molecule has 1 N–H and O–H groups in total. The highest BCUT2D eigenvalue weighted by molar-refractivity contribution is 7.80. The van der Waals surface area contributed by atoms with E-state index in [1.54, 1.807) is 0 Å². The smallest absolute Gasteiger partial charge is 0.174 e. The van der Waals surface area contributed by atoms with Gasteiger partial charge in [-0.25, -0.2) is 4.98 Å².